The minimum Gasteiger partial charge on any atom is -0.380 e. The molecule has 0 amide bonds. The molecule has 0 unspecified atom stereocenters. The van der Waals surface area contributed by atoms with Gasteiger partial charge in [-0.15, -0.1) is 11.3 Å². The molecule has 0 fully saturated rings. The van der Waals surface area contributed by atoms with Crippen LogP contribution in [0, 0.1) is 6.92 Å². The van der Waals surface area contributed by atoms with Gasteiger partial charge in [-0.1, -0.05) is 6.92 Å². The standard InChI is InChI=1S/C14H22N4OS/c1-4-6-16-14-17-12(15-7-8-19-5-2)11-9-10(3)20-13(11)18-14/h9H,4-8H2,1-3H3,(H2,15,16,17,18). The number of nitrogens with zero attached hydrogens (tertiary/aromatic N) is 2. The molecule has 6 heteroatoms. The fraction of sp³-hybridized carbons (Fsp3) is 0.571. The fourth-order valence-corrected chi connectivity index (χ4v) is 2.76. The Kier molecular flexibility index (Phi) is 5.55. The Labute approximate surface area is 123 Å². The molecule has 2 N–H and O–H groups in total. The molecule has 110 valence electrons. The monoisotopic (exact) mass is 294 g/mol. The molecule has 0 atom stereocenters. The van der Waals surface area contributed by atoms with E-state index in [9.17, 15) is 0 Å². The van der Waals surface area contributed by atoms with Crippen LogP contribution >= 0.6 is 11.3 Å². The molecule has 2 aromatic heterocycles. The summed E-state index contributed by atoms with van der Waals surface area (Å²) in [6.07, 6.45) is 1.05. The Morgan fingerprint density at radius 2 is 2.05 bits per heavy atom. The zero-order chi connectivity index (χ0) is 14.4. The first kappa shape index (κ1) is 15.0. The van der Waals surface area contributed by atoms with Gasteiger partial charge in [0.2, 0.25) is 5.95 Å². The van der Waals surface area contributed by atoms with E-state index in [1.807, 2.05) is 6.92 Å². The van der Waals surface area contributed by atoms with Crippen molar-refractivity contribution in [1.82, 2.24) is 9.97 Å². The average Bonchev–Trinajstić information content (AvgIpc) is 2.81. The van der Waals surface area contributed by atoms with Crippen LogP contribution in [-0.2, 0) is 4.74 Å². The largest absolute Gasteiger partial charge is 0.380 e. The quantitative estimate of drug-likeness (QED) is 0.732. The first-order valence-corrected chi connectivity index (χ1v) is 7.90. The Morgan fingerprint density at radius 3 is 2.80 bits per heavy atom. The minimum absolute atomic E-state index is 0.683. The van der Waals surface area contributed by atoms with Crippen molar-refractivity contribution in [3.05, 3.63) is 10.9 Å². The molecule has 0 aliphatic carbocycles. The second-order valence-corrected chi connectivity index (χ2v) is 5.76. The highest BCUT2D eigenvalue weighted by Gasteiger charge is 2.10. The maximum Gasteiger partial charge on any atom is 0.226 e. The van der Waals surface area contributed by atoms with Crippen LogP contribution < -0.4 is 10.6 Å². The third-order valence-electron chi connectivity index (χ3n) is 2.79. The van der Waals surface area contributed by atoms with Crippen LogP contribution in [0.5, 0.6) is 0 Å². The van der Waals surface area contributed by atoms with Gasteiger partial charge >= 0.3 is 0 Å². The predicted octanol–water partition coefficient (Wildman–Crippen LogP) is 3.27. The van der Waals surface area contributed by atoms with E-state index in [1.165, 1.54) is 4.88 Å². The third-order valence-corrected chi connectivity index (χ3v) is 3.74. The number of hydrogen-bond donors (Lipinski definition) is 2. The van der Waals surface area contributed by atoms with E-state index in [-0.39, 0.29) is 0 Å². The zero-order valence-electron chi connectivity index (χ0n) is 12.3. The summed E-state index contributed by atoms with van der Waals surface area (Å²) >= 11 is 1.70. The van der Waals surface area contributed by atoms with E-state index in [0.717, 1.165) is 42.2 Å². The molecule has 0 bridgehead atoms. The van der Waals surface area contributed by atoms with Gasteiger partial charge in [0.25, 0.3) is 0 Å². The smallest absolute Gasteiger partial charge is 0.226 e. The summed E-state index contributed by atoms with van der Waals surface area (Å²) in [5, 5.41) is 7.68. The number of aromatic nitrogens is 2. The molecule has 20 heavy (non-hydrogen) atoms. The van der Waals surface area contributed by atoms with E-state index in [2.05, 4.69) is 40.5 Å². The van der Waals surface area contributed by atoms with Crippen LogP contribution in [0.1, 0.15) is 25.1 Å². The van der Waals surface area contributed by atoms with E-state index >= 15 is 0 Å². The Bertz CT molecular complexity index is 555. The molecule has 2 heterocycles. The van der Waals surface area contributed by atoms with Crippen LogP contribution in [0.3, 0.4) is 0 Å². The molecule has 0 spiro atoms. The van der Waals surface area contributed by atoms with E-state index in [4.69, 9.17) is 4.74 Å². The summed E-state index contributed by atoms with van der Waals surface area (Å²) < 4.78 is 5.35. The van der Waals surface area contributed by atoms with E-state index in [0.29, 0.717) is 12.6 Å². The molecule has 2 aromatic rings. The predicted molar refractivity (Wildman–Crippen MR) is 85.9 cm³/mol. The van der Waals surface area contributed by atoms with E-state index < -0.39 is 0 Å². The molecule has 0 aromatic carbocycles. The maximum atomic E-state index is 5.35. The molecule has 0 saturated heterocycles. The van der Waals surface area contributed by atoms with Gasteiger partial charge in [-0.3, -0.25) is 0 Å². The van der Waals surface area contributed by atoms with Gasteiger partial charge in [0.05, 0.1) is 12.0 Å². The molecule has 0 aliphatic heterocycles. The summed E-state index contributed by atoms with van der Waals surface area (Å²) in [6, 6.07) is 2.13. The Morgan fingerprint density at radius 1 is 1.20 bits per heavy atom. The lowest BCUT2D eigenvalue weighted by molar-refractivity contribution is 0.158. The number of rotatable bonds is 8. The van der Waals surface area contributed by atoms with Crippen molar-refractivity contribution in [2.45, 2.75) is 27.2 Å². The Balaban J connectivity index is 2.19. The van der Waals surface area contributed by atoms with Gasteiger partial charge in [-0.25, -0.2) is 4.98 Å². The summed E-state index contributed by atoms with van der Waals surface area (Å²) in [5.74, 6) is 1.58. The van der Waals surface area contributed by atoms with Crippen molar-refractivity contribution in [2.24, 2.45) is 0 Å². The van der Waals surface area contributed by atoms with Crippen molar-refractivity contribution >= 4 is 33.3 Å². The summed E-state index contributed by atoms with van der Waals surface area (Å²) in [6.45, 7) is 9.27. The van der Waals surface area contributed by atoms with Crippen LogP contribution in [-0.4, -0.2) is 36.3 Å². The van der Waals surface area contributed by atoms with Gasteiger partial charge in [-0.05, 0) is 26.3 Å². The molecular formula is C14H22N4OS. The first-order chi connectivity index (χ1) is 9.74. The number of anilines is 2. The number of thiophene rings is 1. The first-order valence-electron chi connectivity index (χ1n) is 7.08. The second kappa shape index (κ2) is 7.40. The highest BCUT2D eigenvalue weighted by molar-refractivity contribution is 7.18. The molecule has 0 saturated carbocycles. The number of aryl methyl sites for hydroxylation is 1. The number of hydrogen-bond acceptors (Lipinski definition) is 6. The van der Waals surface area contributed by atoms with Crippen molar-refractivity contribution in [3.63, 3.8) is 0 Å². The van der Waals surface area contributed by atoms with Crippen LogP contribution in [0.25, 0.3) is 10.2 Å². The highest BCUT2D eigenvalue weighted by Crippen LogP contribution is 2.29. The van der Waals surface area contributed by atoms with Crippen molar-refractivity contribution in [1.29, 1.82) is 0 Å². The number of ether oxygens (including phenoxy) is 1. The number of fused-ring (bicyclic) bond motifs is 1. The lowest BCUT2D eigenvalue weighted by atomic mass is 10.3. The highest BCUT2D eigenvalue weighted by atomic mass is 32.1. The van der Waals surface area contributed by atoms with Gasteiger partial charge in [0.1, 0.15) is 10.6 Å². The van der Waals surface area contributed by atoms with Crippen LogP contribution in [0.2, 0.25) is 0 Å². The minimum atomic E-state index is 0.683. The average molecular weight is 294 g/mol. The van der Waals surface area contributed by atoms with Crippen molar-refractivity contribution in [2.75, 3.05) is 36.9 Å². The third kappa shape index (κ3) is 3.80. The van der Waals surface area contributed by atoms with Crippen LogP contribution in [0.15, 0.2) is 6.07 Å². The Hall–Kier alpha value is -1.40. The second-order valence-electron chi connectivity index (χ2n) is 4.52. The SMILES string of the molecule is CCCNc1nc(NCCOCC)c2cc(C)sc2n1. The normalized spacial score (nSPS) is 10.9. The van der Waals surface area contributed by atoms with Crippen molar-refractivity contribution < 1.29 is 4.74 Å². The lowest BCUT2D eigenvalue weighted by Crippen LogP contribution is -2.12. The van der Waals surface area contributed by atoms with Crippen molar-refractivity contribution in [3.8, 4) is 0 Å². The summed E-state index contributed by atoms with van der Waals surface area (Å²) in [5.41, 5.74) is 0. The molecule has 2 rings (SSSR count). The van der Waals surface area contributed by atoms with Gasteiger partial charge in [-0.2, -0.15) is 4.98 Å². The summed E-state index contributed by atoms with van der Waals surface area (Å²) in [4.78, 5) is 11.4. The maximum absolute atomic E-state index is 5.35. The zero-order valence-corrected chi connectivity index (χ0v) is 13.1. The topological polar surface area (TPSA) is 59.1 Å². The molecule has 5 nitrogen and oxygen atoms in total. The van der Waals surface area contributed by atoms with Gasteiger partial charge in [0, 0.05) is 24.6 Å². The molecule has 0 aliphatic rings. The number of nitrogens with one attached hydrogen (secondary N) is 2. The van der Waals surface area contributed by atoms with Gasteiger partial charge in [0.15, 0.2) is 0 Å². The fourth-order valence-electron chi connectivity index (χ4n) is 1.88. The summed E-state index contributed by atoms with van der Waals surface area (Å²) in [7, 11) is 0. The molecular weight excluding hydrogens is 272 g/mol. The lowest BCUT2D eigenvalue weighted by Gasteiger charge is -2.09. The van der Waals surface area contributed by atoms with Crippen LogP contribution in [0.4, 0.5) is 11.8 Å². The molecule has 0 radical (unpaired) electrons. The van der Waals surface area contributed by atoms with Gasteiger partial charge < -0.3 is 15.4 Å². The van der Waals surface area contributed by atoms with E-state index in [1.54, 1.807) is 11.3 Å².